The van der Waals surface area contributed by atoms with Crippen LogP contribution in [0.25, 0.3) is 11.1 Å². The lowest BCUT2D eigenvalue weighted by Gasteiger charge is -2.48. The molecule has 710 valence electrons. The summed E-state index contributed by atoms with van der Waals surface area (Å²) >= 11 is 14.3. The average molecular weight is 1870 g/mol. The topological polar surface area (TPSA) is 575 Å². The maximum absolute atomic E-state index is 16.3. The van der Waals surface area contributed by atoms with Gasteiger partial charge >= 0.3 is 5.97 Å². The Bertz CT molecular complexity index is 5150. The lowest BCUT2D eigenvalue weighted by Crippen LogP contribution is -2.65. The summed E-state index contributed by atoms with van der Waals surface area (Å²) in [4.78, 5) is 145. The summed E-state index contributed by atoms with van der Waals surface area (Å²) < 4.78 is 40.0. The van der Waals surface area contributed by atoms with Gasteiger partial charge in [-0.3, -0.25) is 43.2 Å². The van der Waals surface area contributed by atoms with E-state index in [1.807, 2.05) is 27.9 Å². The molecule has 0 spiro atoms. The van der Waals surface area contributed by atoms with Gasteiger partial charge in [0, 0.05) is 66.3 Å². The molecule has 2 saturated heterocycles. The molecule has 6 aromatic carbocycles. The lowest BCUT2D eigenvalue weighted by molar-refractivity contribution is -0.882. The predicted octanol–water partition coefficient (Wildman–Crippen LogP) is 4.39. The van der Waals surface area contributed by atoms with Gasteiger partial charge in [0.05, 0.1) is 62.0 Å². The highest BCUT2D eigenvalue weighted by molar-refractivity contribution is 6.32. The Morgan fingerprint density at radius 1 is 0.664 bits per heavy atom. The molecule has 0 aromatic heterocycles. The number of benzene rings is 6. The molecular weight excluding hydrogens is 1750 g/mol. The van der Waals surface area contributed by atoms with Crippen LogP contribution in [0, 0.1) is 5.92 Å². The standard InChI is InChI=1S/C91H116Cl2N12O26/c1-9-10-11-12-13-14-15-16-28-96-67(111)42-105(7,8)30-17-29-97-82(117)47-20-18-46(19-21-47)41-98-91(5)40-68(126-45(4)81(91)116)130-80-78(115)77(114)65(43-106)129-90(80)131-79-63-35-51-36-64(79)128-62-27-24-50(34-56(62)93)76(113)74-88(123)102-72(89(124)125)54-37-52(107)38-60(109)69(54)53-32-48(22-25-59(53)108)70(85(120)104-74)101-86(121)71(51)100-84(119)58(39-66(94)110)99-87(122)73(103-83(118)57(95-6)31-44(2)3)75(112)49-23-26-61(127-63)55(92)33-49/h18-27,32-38,44-45,57-58,65,68,70-78,80-81,90,95,98,106,112-116H,9-17,28-31,39-43H2,1-8H3,(H13-,94,96,97,99,100,101,102,103,104,107,108,109,110,111,117,118,119,120,121,122,123,124,125)/p+1/t45-,57+,58-,65+,68-,70+,71+,72-,73+,74-,75+,76+,77+,78-,80+,81+,90-,91-/m0/s1. The van der Waals surface area contributed by atoms with Gasteiger partial charge in [0.1, 0.15) is 89.5 Å². The van der Waals surface area contributed by atoms with Crippen molar-refractivity contribution in [3.63, 3.8) is 0 Å². The summed E-state index contributed by atoms with van der Waals surface area (Å²) in [5, 5.41) is 143. The van der Waals surface area contributed by atoms with Crippen LogP contribution in [0.2, 0.25) is 10.0 Å². The predicted molar refractivity (Wildman–Crippen MR) is 473 cm³/mol. The van der Waals surface area contributed by atoms with Gasteiger partial charge in [-0.05, 0) is 134 Å². The second kappa shape index (κ2) is 44.4. The SMILES string of the molecule is CCCCCCCCCCNC(=O)C[N+](C)(C)CCCNC(=O)c1ccc(CN[C@@]2(C)C[C@H](O[C@H]3[C@H](Oc4c5cc6cc4Oc4ccc(cc4Cl)[C@@H](O)[C@@H](NC(=O)[C@@H](CC(C)C)NC)C(=O)N[C@@H](CC(N)=O)C(=O)N[C@H]6C(=O)N[C@H]4C(=O)N[C@H](C(=O)N[C@H](C(=O)O)c6cc(O)cc(O)c6-c6cc4ccc6O)[C@H](O)c4ccc(c(Cl)c4)O5)O[C@H](CO)[C@@H](O)[C@@H]3O)O[C@@H](C)[C@H]2O)cc1. The number of aromatic hydroxyl groups is 3. The molecule has 7 aliphatic rings. The number of halogens is 2. The number of aliphatic hydroxyl groups is 6. The van der Waals surface area contributed by atoms with Crippen LogP contribution in [0.4, 0.5) is 0 Å². The summed E-state index contributed by atoms with van der Waals surface area (Å²) in [5.74, 6) is -16.6. The number of hydrogen-bond donors (Lipinski definition) is 21. The zero-order valence-electron chi connectivity index (χ0n) is 73.7. The molecule has 0 aliphatic carbocycles. The van der Waals surface area contributed by atoms with Crippen LogP contribution in [-0.2, 0) is 63.9 Å². The minimum absolute atomic E-state index is 0.0281. The van der Waals surface area contributed by atoms with Crippen LogP contribution in [0.3, 0.4) is 0 Å². The minimum atomic E-state index is -2.38. The third-order valence-corrected chi connectivity index (χ3v) is 24.4. The number of phenolic OH excluding ortho intramolecular Hbond substituents is 3. The highest BCUT2D eigenvalue weighted by atomic mass is 35.5. The molecule has 0 saturated carbocycles. The van der Waals surface area contributed by atoms with E-state index in [0.717, 1.165) is 86.0 Å². The number of carboxylic acids is 1. The summed E-state index contributed by atoms with van der Waals surface area (Å²) in [5.41, 5.74) is 2.59. The number of phenols is 3. The van der Waals surface area contributed by atoms with Gasteiger partial charge < -0.3 is 143 Å². The molecule has 40 heteroatoms. The molecule has 18 atom stereocenters. The Balaban J connectivity index is 0.971. The molecule has 131 heavy (non-hydrogen) atoms. The van der Waals surface area contributed by atoms with E-state index in [0.29, 0.717) is 41.7 Å². The fraction of sp³-hybridized carbons (Fsp3) is 0.495. The monoisotopic (exact) mass is 1860 g/mol. The number of hydrogen-bond acceptors (Lipinski definition) is 27. The number of likely N-dealkylation sites (N-methyl/N-ethyl adjacent to an activating group) is 2. The van der Waals surface area contributed by atoms with E-state index in [2.05, 4.69) is 60.1 Å². The number of carbonyl (C=O) groups excluding carboxylic acids is 9. The van der Waals surface area contributed by atoms with E-state index >= 15 is 24.0 Å². The van der Waals surface area contributed by atoms with Gasteiger partial charge in [0.2, 0.25) is 53.4 Å². The van der Waals surface area contributed by atoms with Gasteiger partial charge in [0.25, 0.3) is 11.8 Å². The average Bonchev–Trinajstić information content (AvgIpc) is 0.762. The molecule has 9 amide bonds. The number of rotatable bonds is 32. The first-order valence-electron chi connectivity index (χ1n) is 43.6. The van der Waals surface area contributed by atoms with Gasteiger partial charge in [-0.15, -0.1) is 0 Å². The zero-order valence-corrected chi connectivity index (χ0v) is 75.2. The maximum Gasteiger partial charge on any atom is 0.330 e. The first-order chi connectivity index (χ1) is 62.2. The normalized spacial score (nSPS) is 25.4. The molecule has 7 heterocycles. The summed E-state index contributed by atoms with van der Waals surface area (Å²) in [7, 11) is 5.41. The van der Waals surface area contributed by atoms with E-state index in [4.69, 9.17) is 57.4 Å². The van der Waals surface area contributed by atoms with Crippen molar-refractivity contribution in [2.75, 3.05) is 53.9 Å². The molecule has 0 radical (unpaired) electrons. The number of nitrogens with two attached hydrogens (primary N) is 1. The number of fused-ring (bicyclic) bond motifs is 15. The maximum atomic E-state index is 16.3. The van der Waals surface area contributed by atoms with Crippen LogP contribution in [-0.4, -0.2) is 248 Å². The van der Waals surface area contributed by atoms with Crippen LogP contribution < -0.4 is 73.1 Å². The lowest BCUT2D eigenvalue weighted by atomic mass is 9.84. The molecule has 22 N–H and O–H groups in total. The number of quaternary nitrogens is 1. The van der Waals surface area contributed by atoms with Crippen molar-refractivity contribution in [2.24, 2.45) is 11.7 Å². The molecule has 7 aliphatic heterocycles. The summed E-state index contributed by atoms with van der Waals surface area (Å²) in [6.45, 7) is 10.0. The Labute approximate surface area is 765 Å². The van der Waals surface area contributed by atoms with Gasteiger partial charge in [-0.25, -0.2) is 4.79 Å². The van der Waals surface area contributed by atoms with Gasteiger partial charge in [-0.2, -0.15) is 0 Å². The van der Waals surface area contributed by atoms with Crippen LogP contribution >= 0.6 is 23.2 Å². The Morgan fingerprint density at radius 2 is 1.27 bits per heavy atom. The quantitative estimate of drug-likeness (QED) is 0.0206. The van der Waals surface area contributed by atoms with Crippen molar-refractivity contribution in [3.8, 4) is 57.1 Å². The number of carboxylic acid groups (broad SMARTS) is 1. The number of amides is 9. The van der Waals surface area contributed by atoms with Crippen molar-refractivity contribution in [3.05, 3.63) is 152 Å². The summed E-state index contributed by atoms with van der Waals surface area (Å²) in [6, 6.07) is 5.90. The van der Waals surface area contributed by atoms with Crippen LogP contribution in [0.1, 0.15) is 186 Å². The van der Waals surface area contributed by atoms with Crippen LogP contribution in [0.5, 0.6) is 46.0 Å². The Morgan fingerprint density at radius 3 is 1.89 bits per heavy atom. The van der Waals surface area contributed by atoms with Crippen molar-refractivity contribution in [2.45, 2.75) is 227 Å². The molecule has 11 bridgehead atoms. The van der Waals surface area contributed by atoms with Crippen molar-refractivity contribution in [1.29, 1.82) is 0 Å². The Kier molecular flexibility index (Phi) is 34.1. The number of carbonyl (C=O) groups is 10. The second-order valence-electron chi connectivity index (χ2n) is 34.9. The number of aliphatic hydroxyl groups excluding tert-OH is 6. The van der Waals surface area contributed by atoms with Gasteiger partial charge in [0.15, 0.2) is 36.5 Å². The highest BCUT2D eigenvalue weighted by Gasteiger charge is 2.52. The molecule has 0 unspecified atom stereocenters. The number of primary amides is 1. The van der Waals surface area contributed by atoms with E-state index in [-0.39, 0.29) is 71.1 Å². The van der Waals surface area contributed by atoms with Crippen molar-refractivity contribution >= 4 is 82.3 Å². The minimum Gasteiger partial charge on any atom is -0.508 e. The number of ether oxygens (including phenoxy) is 6. The molecule has 38 nitrogen and oxygen atoms in total. The second-order valence-corrected chi connectivity index (χ2v) is 35.7. The first kappa shape index (κ1) is 100. The van der Waals surface area contributed by atoms with Crippen molar-refractivity contribution in [1.82, 2.24) is 53.2 Å². The van der Waals surface area contributed by atoms with Gasteiger partial charge in [-0.1, -0.05) is 119 Å². The smallest absolute Gasteiger partial charge is 0.330 e. The number of nitrogens with one attached hydrogen (secondary N) is 10. The molecule has 2 fully saturated rings. The molecule has 6 aromatic rings. The molecular formula is C91H117Cl2N12O26+. The van der Waals surface area contributed by atoms with Crippen LogP contribution in [0.15, 0.2) is 103 Å². The summed E-state index contributed by atoms with van der Waals surface area (Å²) in [6.07, 6.45) is -9.21. The first-order valence-corrected chi connectivity index (χ1v) is 44.3. The largest absolute Gasteiger partial charge is 0.508 e. The zero-order chi connectivity index (χ0) is 95.2. The Hall–Kier alpha value is -11.1. The number of unbranched alkanes of at least 4 members (excludes halogenated alkanes) is 7. The fourth-order valence-electron chi connectivity index (χ4n) is 16.5. The highest BCUT2D eigenvalue weighted by Crippen LogP contribution is 2.50. The van der Waals surface area contributed by atoms with E-state index in [9.17, 15) is 75.0 Å². The third kappa shape index (κ3) is 25.0. The van der Waals surface area contributed by atoms with E-state index in [1.54, 1.807) is 38.1 Å². The fourth-order valence-corrected chi connectivity index (χ4v) is 17.0. The number of aliphatic carboxylic acids is 1. The third-order valence-electron chi connectivity index (χ3n) is 23.8. The van der Waals surface area contributed by atoms with E-state index in [1.165, 1.54) is 51.3 Å². The van der Waals surface area contributed by atoms with Crippen molar-refractivity contribution < 1.29 is 132 Å². The number of nitrogens with zero attached hydrogens (tertiary/aromatic N) is 1. The van der Waals surface area contributed by atoms with E-state index < -0.39 is 237 Å². The molecule has 13 rings (SSSR count).